The van der Waals surface area contributed by atoms with Gasteiger partial charge in [-0.05, 0) is 54.7 Å². The van der Waals surface area contributed by atoms with Gasteiger partial charge >= 0.3 is 13.1 Å². The number of carbonyl (C=O) groups excluding carboxylic acids is 1. The average molecular weight is 370 g/mol. The highest BCUT2D eigenvalue weighted by atomic mass is 16.5. The van der Waals surface area contributed by atoms with Crippen LogP contribution in [0.15, 0.2) is 36.4 Å². The zero-order chi connectivity index (χ0) is 20.1. The van der Waals surface area contributed by atoms with Gasteiger partial charge in [-0.25, -0.2) is 4.79 Å². The minimum atomic E-state index is -1.09. The smallest absolute Gasteiger partial charge is 0.495 e. The second-order valence-corrected chi connectivity index (χ2v) is 6.92. The molecule has 0 aliphatic heterocycles. The highest BCUT2D eigenvalue weighted by molar-refractivity contribution is 6.61. The van der Waals surface area contributed by atoms with Gasteiger partial charge in [0.15, 0.2) is 0 Å². The molecule has 0 amide bonds. The van der Waals surface area contributed by atoms with Crippen molar-refractivity contribution in [3.8, 4) is 16.9 Å². The molecule has 0 aromatic heterocycles. The summed E-state index contributed by atoms with van der Waals surface area (Å²) in [5.41, 5.74) is 3.86. The highest BCUT2D eigenvalue weighted by Gasteiger charge is 2.25. The molecule has 0 saturated carbocycles. The molecule has 1 atom stereocenters. The summed E-state index contributed by atoms with van der Waals surface area (Å²) >= 11 is 0. The van der Waals surface area contributed by atoms with Gasteiger partial charge in [-0.3, -0.25) is 0 Å². The maximum Gasteiger partial charge on any atom is 0.495 e. The van der Waals surface area contributed by atoms with E-state index >= 15 is 0 Å². The van der Waals surface area contributed by atoms with E-state index in [9.17, 15) is 9.82 Å². The first kappa shape index (κ1) is 21.0. The van der Waals surface area contributed by atoms with Crippen molar-refractivity contribution < 1.29 is 23.9 Å². The normalized spacial score (nSPS) is 12.0. The number of benzene rings is 2. The van der Waals surface area contributed by atoms with Gasteiger partial charge in [0.25, 0.3) is 0 Å². The Hall–Kier alpha value is -2.31. The first-order valence-corrected chi connectivity index (χ1v) is 8.99. The molecule has 2 aromatic rings. The lowest BCUT2D eigenvalue weighted by Gasteiger charge is -2.21. The van der Waals surface area contributed by atoms with E-state index in [1.54, 1.807) is 19.2 Å². The van der Waals surface area contributed by atoms with Crippen molar-refractivity contribution in [2.24, 2.45) is 5.92 Å². The molecule has 0 aliphatic rings. The summed E-state index contributed by atoms with van der Waals surface area (Å²) in [4.78, 5) is 11.7. The van der Waals surface area contributed by atoms with E-state index in [4.69, 9.17) is 14.1 Å². The second kappa shape index (κ2) is 9.06. The van der Waals surface area contributed by atoms with Crippen LogP contribution in [0.5, 0.6) is 5.75 Å². The molecule has 0 spiro atoms. The summed E-state index contributed by atoms with van der Waals surface area (Å²) in [6.07, 6.45) is -0.102. The standard InChI is InChI=1S/C21H27BO5/c1-13(2)15(4)27-22(24)19-12-16(8-10-20(19)25-5)18-9-7-17(11-14(18)3)21(23)26-6/h7-13,15,24H,1-6H3. The van der Waals surface area contributed by atoms with Crippen molar-refractivity contribution in [2.45, 2.75) is 33.8 Å². The second-order valence-electron chi connectivity index (χ2n) is 6.92. The Morgan fingerprint density at radius 1 is 1.07 bits per heavy atom. The first-order valence-electron chi connectivity index (χ1n) is 8.99. The fourth-order valence-corrected chi connectivity index (χ4v) is 2.76. The Bertz CT molecular complexity index is 803. The molecule has 144 valence electrons. The first-order chi connectivity index (χ1) is 12.8. The quantitative estimate of drug-likeness (QED) is 0.599. The molecular weight excluding hydrogens is 343 g/mol. The summed E-state index contributed by atoms with van der Waals surface area (Å²) in [6.45, 7) is 7.94. The van der Waals surface area contributed by atoms with Gasteiger partial charge in [-0.2, -0.15) is 0 Å². The Kier molecular flexibility index (Phi) is 7.05. The third-order valence-corrected chi connectivity index (χ3v) is 4.74. The van der Waals surface area contributed by atoms with Crippen molar-refractivity contribution in [2.75, 3.05) is 14.2 Å². The van der Waals surface area contributed by atoms with Gasteiger partial charge in [0.2, 0.25) is 0 Å². The van der Waals surface area contributed by atoms with Crippen LogP contribution in [0.1, 0.15) is 36.7 Å². The summed E-state index contributed by atoms with van der Waals surface area (Å²) in [5, 5.41) is 10.6. The van der Waals surface area contributed by atoms with Crippen molar-refractivity contribution in [3.63, 3.8) is 0 Å². The molecule has 27 heavy (non-hydrogen) atoms. The van der Waals surface area contributed by atoms with Gasteiger partial charge in [0, 0.05) is 11.6 Å². The van der Waals surface area contributed by atoms with Crippen molar-refractivity contribution in [1.82, 2.24) is 0 Å². The molecular formula is C21H27BO5. The number of carbonyl (C=O) groups is 1. The Balaban J connectivity index is 2.40. The van der Waals surface area contributed by atoms with Crippen LogP contribution in [0.25, 0.3) is 11.1 Å². The maximum atomic E-state index is 11.7. The molecule has 2 aromatic carbocycles. The van der Waals surface area contributed by atoms with E-state index in [1.165, 1.54) is 7.11 Å². The fourth-order valence-electron chi connectivity index (χ4n) is 2.76. The number of hydrogen-bond donors (Lipinski definition) is 1. The maximum absolute atomic E-state index is 11.7. The predicted molar refractivity (Wildman–Crippen MR) is 107 cm³/mol. The van der Waals surface area contributed by atoms with Crippen molar-refractivity contribution in [3.05, 3.63) is 47.5 Å². The number of ether oxygens (including phenoxy) is 2. The van der Waals surface area contributed by atoms with Crippen LogP contribution < -0.4 is 10.2 Å². The molecule has 2 rings (SSSR count). The Morgan fingerprint density at radius 3 is 2.33 bits per heavy atom. The van der Waals surface area contributed by atoms with E-state index < -0.39 is 7.12 Å². The third kappa shape index (κ3) is 4.90. The van der Waals surface area contributed by atoms with Crippen LogP contribution in [0.3, 0.4) is 0 Å². The number of methoxy groups -OCH3 is 2. The van der Waals surface area contributed by atoms with E-state index in [1.807, 2.05) is 52.0 Å². The molecule has 1 unspecified atom stereocenters. The SMILES string of the molecule is COC(=O)c1ccc(-c2ccc(OC)c(B(O)OC(C)C(C)C)c2)c(C)c1. The van der Waals surface area contributed by atoms with Crippen LogP contribution in [0.2, 0.25) is 0 Å². The van der Waals surface area contributed by atoms with Gasteiger partial charge in [0.05, 0.1) is 19.8 Å². The van der Waals surface area contributed by atoms with Crippen LogP contribution >= 0.6 is 0 Å². The predicted octanol–water partition coefficient (Wildman–Crippen LogP) is 3.21. The lowest BCUT2D eigenvalue weighted by molar-refractivity contribution is 0.0600. The molecule has 6 heteroatoms. The van der Waals surface area contributed by atoms with Gasteiger partial charge in [-0.15, -0.1) is 0 Å². The molecule has 1 N–H and O–H groups in total. The third-order valence-electron chi connectivity index (χ3n) is 4.74. The van der Waals surface area contributed by atoms with E-state index in [0.717, 1.165) is 16.7 Å². The van der Waals surface area contributed by atoms with Crippen molar-refractivity contribution >= 4 is 18.6 Å². The van der Waals surface area contributed by atoms with Crippen molar-refractivity contribution in [1.29, 1.82) is 0 Å². The Morgan fingerprint density at radius 2 is 1.78 bits per heavy atom. The summed E-state index contributed by atoms with van der Waals surface area (Å²) in [5.74, 6) is 0.472. The lowest BCUT2D eigenvalue weighted by atomic mass is 9.76. The van der Waals surface area contributed by atoms with Crippen LogP contribution in [-0.4, -0.2) is 38.4 Å². The average Bonchev–Trinajstić information content (AvgIpc) is 2.66. The van der Waals surface area contributed by atoms with Gasteiger partial charge < -0.3 is 19.2 Å². The van der Waals surface area contributed by atoms with Gasteiger partial charge in [0.1, 0.15) is 5.75 Å². The van der Waals surface area contributed by atoms with E-state index in [0.29, 0.717) is 16.8 Å². The zero-order valence-electron chi connectivity index (χ0n) is 16.8. The molecule has 0 bridgehead atoms. The monoisotopic (exact) mass is 370 g/mol. The van der Waals surface area contributed by atoms with Crippen LogP contribution in [0, 0.1) is 12.8 Å². The van der Waals surface area contributed by atoms with E-state index in [-0.39, 0.29) is 18.0 Å². The zero-order valence-corrected chi connectivity index (χ0v) is 16.8. The van der Waals surface area contributed by atoms with Crippen LogP contribution in [0.4, 0.5) is 0 Å². The van der Waals surface area contributed by atoms with Gasteiger partial charge in [-0.1, -0.05) is 32.0 Å². The van der Waals surface area contributed by atoms with E-state index in [2.05, 4.69) is 0 Å². The minimum absolute atomic E-state index is 0.102. The van der Waals surface area contributed by atoms with Crippen LogP contribution in [-0.2, 0) is 9.39 Å². The lowest BCUT2D eigenvalue weighted by Crippen LogP contribution is -2.39. The molecule has 0 saturated heterocycles. The molecule has 0 heterocycles. The number of esters is 1. The number of hydrogen-bond acceptors (Lipinski definition) is 5. The summed E-state index contributed by atoms with van der Waals surface area (Å²) < 4.78 is 15.9. The molecule has 0 aliphatic carbocycles. The molecule has 5 nitrogen and oxygen atoms in total. The fraction of sp³-hybridized carbons (Fsp3) is 0.381. The molecule has 0 radical (unpaired) electrons. The number of rotatable bonds is 7. The Labute approximate surface area is 161 Å². The molecule has 0 fully saturated rings. The number of aryl methyl sites for hydroxylation is 1. The minimum Gasteiger partial charge on any atom is -0.497 e. The summed E-state index contributed by atoms with van der Waals surface area (Å²) in [7, 11) is 1.83. The topological polar surface area (TPSA) is 65.0 Å². The highest BCUT2D eigenvalue weighted by Crippen LogP contribution is 2.26. The largest absolute Gasteiger partial charge is 0.497 e. The summed E-state index contributed by atoms with van der Waals surface area (Å²) in [6, 6.07) is 11.0.